The van der Waals surface area contributed by atoms with Crippen LogP contribution in [-0.4, -0.2) is 23.1 Å². The summed E-state index contributed by atoms with van der Waals surface area (Å²) in [5.41, 5.74) is 0. The molecule has 0 heterocycles. The van der Waals surface area contributed by atoms with Crippen LogP contribution in [0.15, 0.2) is 35.2 Å². The predicted octanol–water partition coefficient (Wildman–Crippen LogP) is 2.96. The van der Waals surface area contributed by atoms with Gasteiger partial charge in [-0.2, -0.15) is 0 Å². The van der Waals surface area contributed by atoms with E-state index in [9.17, 15) is 4.21 Å². The van der Waals surface area contributed by atoms with E-state index in [-0.39, 0.29) is 0 Å². The highest BCUT2D eigenvalue weighted by atomic mass is 32.2. The molecule has 1 fully saturated rings. The van der Waals surface area contributed by atoms with Crippen LogP contribution < -0.4 is 5.32 Å². The Bertz CT molecular complexity index is 373. The molecule has 0 saturated heterocycles. The Balaban J connectivity index is 1.95. The molecule has 18 heavy (non-hydrogen) atoms. The van der Waals surface area contributed by atoms with Crippen LogP contribution in [-0.2, 0) is 10.8 Å². The fourth-order valence-electron chi connectivity index (χ4n) is 2.82. The maximum Gasteiger partial charge on any atom is 0.0545 e. The van der Waals surface area contributed by atoms with Crippen molar-refractivity contribution in [3.63, 3.8) is 0 Å². The summed E-state index contributed by atoms with van der Waals surface area (Å²) in [4.78, 5) is 0.952. The molecule has 3 heteroatoms. The van der Waals surface area contributed by atoms with Crippen molar-refractivity contribution < 1.29 is 4.21 Å². The Morgan fingerprint density at radius 1 is 1.22 bits per heavy atom. The molecule has 1 aliphatic carbocycles. The van der Waals surface area contributed by atoms with Crippen LogP contribution in [0.4, 0.5) is 0 Å². The van der Waals surface area contributed by atoms with E-state index in [1.54, 1.807) is 0 Å². The summed E-state index contributed by atoms with van der Waals surface area (Å²) in [5, 5.41) is 3.38. The highest BCUT2D eigenvalue weighted by molar-refractivity contribution is 7.85. The van der Waals surface area contributed by atoms with Crippen molar-refractivity contribution in [2.75, 3.05) is 12.8 Å². The molecule has 2 nitrogen and oxygen atoms in total. The SMILES string of the molecule is CNC(CS(=O)c1ccccc1)C1CCCCC1. The van der Waals surface area contributed by atoms with E-state index >= 15 is 0 Å². The highest BCUT2D eigenvalue weighted by Crippen LogP contribution is 2.27. The molecule has 0 amide bonds. The van der Waals surface area contributed by atoms with Gasteiger partial charge in [0.15, 0.2) is 0 Å². The third-order valence-corrected chi connectivity index (χ3v) is 5.39. The molecule has 1 saturated carbocycles. The van der Waals surface area contributed by atoms with E-state index in [1.807, 2.05) is 37.4 Å². The van der Waals surface area contributed by atoms with Crippen LogP contribution in [0.3, 0.4) is 0 Å². The van der Waals surface area contributed by atoms with Gasteiger partial charge < -0.3 is 5.32 Å². The number of benzene rings is 1. The summed E-state index contributed by atoms with van der Waals surface area (Å²) >= 11 is 0. The standard InChI is InChI=1S/C15H23NOS/c1-16-15(13-8-4-2-5-9-13)12-18(17)14-10-6-3-7-11-14/h3,6-7,10-11,13,15-16H,2,4-5,8-9,12H2,1H3. The normalized spacial score (nSPS) is 20.5. The molecule has 0 aromatic heterocycles. The van der Waals surface area contributed by atoms with Crippen LogP contribution in [0.5, 0.6) is 0 Å². The molecule has 0 bridgehead atoms. The van der Waals surface area contributed by atoms with Crippen molar-refractivity contribution in [1.82, 2.24) is 5.32 Å². The molecule has 1 aromatic carbocycles. The van der Waals surface area contributed by atoms with Gasteiger partial charge in [0.2, 0.25) is 0 Å². The van der Waals surface area contributed by atoms with Crippen LogP contribution in [0, 0.1) is 5.92 Å². The maximum atomic E-state index is 12.3. The Hall–Kier alpha value is -0.670. The van der Waals surface area contributed by atoms with Gasteiger partial charge in [0.05, 0.1) is 10.8 Å². The molecular formula is C15H23NOS. The first-order valence-corrected chi connectivity index (χ1v) is 8.24. The summed E-state index contributed by atoms with van der Waals surface area (Å²) < 4.78 is 12.3. The van der Waals surface area contributed by atoms with Crippen molar-refractivity contribution >= 4 is 10.8 Å². The zero-order valence-corrected chi connectivity index (χ0v) is 11.9. The first-order valence-electron chi connectivity index (χ1n) is 6.92. The lowest BCUT2D eigenvalue weighted by Crippen LogP contribution is -2.39. The molecule has 0 radical (unpaired) electrons. The van der Waals surface area contributed by atoms with Crippen molar-refractivity contribution in [2.24, 2.45) is 5.92 Å². The van der Waals surface area contributed by atoms with Gasteiger partial charge in [-0.1, -0.05) is 37.5 Å². The summed E-state index contributed by atoms with van der Waals surface area (Å²) in [6.07, 6.45) is 6.62. The minimum atomic E-state index is -0.878. The molecule has 2 atom stereocenters. The second-order valence-corrected chi connectivity index (χ2v) is 6.61. The molecular weight excluding hydrogens is 242 g/mol. The Labute approximate surface area is 113 Å². The van der Waals surface area contributed by atoms with Crippen LogP contribution in [0.2, 0.25) is 0 Å². The maximum absolute atomic E-state index is 12.3. The molecule has 0 spiro atoms. The Morgan fingerprint density at radius 3 is 2.50 bits per heavy atom. The summed E-state index contributed by atoms with van der Waals surface area (Å²) in [6.45, 7) is 0. The topological polar surface area (TPSA) is 29.1 Å². The second-order valence-electron chi connectivity index (χ2n) is 5.12. The third-order valence-electron chi connectivity index (χ3n) is 3.93. The monoisotopic (exact) mass is 265 g/mol. The van der Waals surface area contributed by atoms with Gasteiger partial charge in [-0.05, 0) is 37.9 Å². The van der Waals surface area contributed by atoms with Gasteiger partial charge in [-0.15, -0.1) is 0 Å². The van der Waals surface area contributed by atoms with E-state index < -0.39 is 10.8 Å². The molecule has 1 aromatic rings. The van der Waals surface area contributed by atoms with Gasteiger partial charge >= 0.3 is 0 Å². The second kappa shape index (κ2) is 7.05. The number of rotatable bonds is 5. The molecule has 2 unspecified atom stereocenters. The molecule has 0 aliphatic heterocycles. The van der Waals surface area contributed by atoms with Crippen molar-refractivity contribution in [2.45, 2.75) is 43.0 Å². The number of hydrogen-bond acceptors (Lipinski definition) is 2. The average molecular weight is 265 g/mol. The van der Waals surface area contributed by atoms with Crippen LogP contribution >= 0.6 is 0 Å². The van der Waals surface area contributed by atoms with Gasteiger partial charge in [0.25, 0.3) is 0 Å². The molecule has 1 N–H and O–H groups in total. The fraction of sp³-hybridized carbons (Fsp3) is 0.600. The van der Waals surface area contributed by atoms with Crippen molar-refractivity contribution in [3.05, 3.63) is 30.3 Å². The van der Waals surface area contributed by atoms with Gasteiger partial charge in [-0.3, -0.25) is 4.21 Å². The fourth-order valence-corrected chi connectivity index (χ4v) is 4.24. The first-order chi connectivity index (χ1) is 8.81. The zero-order valence-electron chi connectivity index (χ0n) is 11.1. The van der Waals surface area contributed by atoms with E-state index in [1.165, 1.54) is 32.1 Å². The van der Waals surface area contributed by atoms with Crippen molar-refractivity contribution in [3.8, 4) is 0 Å². The lowest BCUT2D eigenvalue weighted by atomic mass is 9.84. The van der Waals surface area contributed by atoms with Crippen molar-refractivity contribution in [1.29, 1.82) is 0 Å². The lowest BCUT2D eigenvalue weighted by Gasteiger charge is -2.29. The lowest BCUT2D eigenvalue weighted by molar-refractivity contribution is 0.294. The molecule has 100 valence electrons. The smallest absolute Gasteiger partial charge is 0.0545 e. The Kier molecular flexibility index (Phi) is 5.39. The minimum Gasteiger partial charge on any atom is -0.316 e. The predicted molar refractivity (Wildman–Crippen MR) is 77.1 cm³/mol. The third kappa shape index (κ3) is 3.66. The molecule has 1 aliphatic rings. The van der Waals surface area contributed by atoms with E-state index in [2.05, 4.69) is 5.32 Å². The quantitative estimate of drug-likeness (QED) is 0.887. The summed E-state index contributed by atoms with van der Waals surface area (Å²) in [7, 11) is 1.12. The zero-order chi connectivity index (χ0) is 12.8. The summed E-state index contributed by atoms with van der Waals surface area (Å²) in [6, 6.07) is 10.2. The number of nitrogens with one attached hydrogen (secondary N) is 1. The summed E-state index contributed by atoms with van der Waals surface area (Å²) in [5.74, 6) is 1.45. The highest BCUT2D eigenvalue weighted by Gasteiger charge is 2.24. The van der Waals surface area contributed by atoms with Gasteiger partial charge in [0.1, 0.15) is 0 Å². The molecule has 2 rings (SSSR count). The Morgan fingerprint density at radius 2 is 1.89 bits per heavy atom. The van der Waals surface area contributed by atoms with E-state index in [0.717, 1.165) is 10.6 Å². The van der Waals surface area contributed by atoms with E-state index in [4.69, 9.17) is 0 Å². The first kappa shape index (κ1) is 13.8. The van der Waals surface area contributed by atoms with E-state index in [0.29, 0.717) is 12.0 Å². The average Bonchev–Trinajstić information content (AvgIpc) is 2.46. The minimum absolute atomic E-state index is 0.395. The van der Waals surface area contributed by atoms with Gasteiger partial charge in [0, 0.05) is 16.7 Å². The van der Waals surface area contributed by atoms with Crippen LogP contribution in [0.1, 0.15) is 32.1 Å². The van der Waals surface area contributed by atoms with Gasteiger partial charge in [-0.25, -0.2) is 0 Å². The largest absolute Gasteiger partial charge is 0.316 e. The van der Waals surface area contributed by atoms with Crippen LogP contribution in [0.25, 0.3) is 0 Å². The number of hydrogen-bond donors (Lipinski definition) is 1.